The van der Waals surface area contributed by atoms with Crippen LogP contribution in [0.1, 0.15) is 36.0 Å². The number of aryl methyl sites for hydroxylation is 1. The Balaban J connectivity index is 1.50. The minimum atomic E-state index is -1.02. The second-order valence-electron chi connectivity index (χ2n) is 9.30. The van der Waals surface area contributed by atoms with Gasteiger partial charge in [0.15, 0.2) is 6.04 Å². The molecule has 1 aliphatic rings. The van der Waals surface area contributed by atoms with Crippen LogP contribution in [-0.2, 0) is 27.4 Å². The molecule has 2 atom stereocenters. The molecule has 198 valence electrons. The molecule has 10 nitrogen and oxygen atoms in total. The van der Waals surface area contributed by atoms with Gasteiger partial charge in [-0.05, 0) is 50.1 Å². The van der Waals surface area contributed by atoms with Gasteiger partial charge in [-0.15, -0.1) is 5.10 Å². The van der Waals surface area contributed by atoms with E-state index in [9.17, 15) is 9.59 Å². The van der Waals surface area contributed by atoms with Crippen molar-refractivity contribution in [2.75, 3.05) is 20.3 Å². The van der Waals surface area contributed by atoms with Crippen molar-refractivity contribution in [3.8, 4) is 5.75 Å². The minimum Gasteiger partial charge on any atom is -0.496 e. The predicted octanol–water partition coefficient (Wildman–Crippen LogP) is 3.41. The lowest BCUT2D eigenvalue weighted by Crippen LogP contribution is -2.46. The number of para-hydroxylation sites is 2. The van der Waals surface area contributed by atoms with Crippen LogP contribution in [0.5, 0.6) is 5.75 Å². The molecule has 0 aliphatic carbocycles. The van der Waals surface area contributed by atoms with Crippen molar-refractivity contribution in [2.45, 2.75) is 45.0 Å². The molecule has 2 aromatic carbocycles. The number of carbonyl (C=O) groups excluding carboxylic acids is 2. The van der Waals surface area contributed by atoms with E-state index >= 15 is 0 Å². The third kappa shape index (κ3) is 5.55. The molecule has 0 radical (unpaired) electrons. The van der Waals surface area contributed by atoms with E-state index in [0.29, 0.717) is 35.9 Å². The Morgan fingerprint density at radius 2 is 1.97 bits per heavy atom. The van der Waals surface area contributed by atoms with E-state index < -0.39 is 6.04 Å². The standard InChI is InChI=1S/C28H31N5O5/c1-19-13-14-25(38-19)27(28(35)29-16-21-9-7-15-37-21)32(17-20-8-3-6-12-24(20)36-2)26(34)18-33-23-11-5-4-10-22(23)30-31-33/h3-6,8,10-14,21,27H,7,9,15-18H2,1-2H3,(H,29,35)/t21-,27+/m0/s1. The molecule has 38 heavy (non-hydrogen) atoms. The van der Waals surface area contributed by atoms with Crippen LogP contribution in [0.2, 0.25) is 0 Å². The summed E-state index contributed by atoms with van der Waals surface area (Å²) in [5.74, 6) is 0.966. The summed E-state index contributed by atoms with van der Waals surface area (Å²) in [4.78, 5) is 29.2. The topological polar surface area (TPSA) is 112 Å². The Labute approximate surface area is 220 Å². The zero-order valence-corrected chi connectivity index (χ0v) is 21.5. The number of benzene rings is 2. The highest BCUT2D eigenvalue weighted by atomic mass is 16.5. The van der Waals surface area contributed by atoms with Crippen LogP contribution < -0.4 is 10.1 Å². The largest absolute Gasteiger partial charge is 0.496 e. The molecule has 2 aromatic heterocycles. The second-order valence-corrected chi connectivity index (χ2v) is 9.30. The highest BCUT2D eigenvalue weighted by Crippen LogP contribution is 2.29. The monoisotopic (exact) mass is 517 g/mol. The van der Waals surface area contributed by atoms with Crippen LogP contribution in [0.4, 0.5) is 0 Å². The van der Waals surface area contributed by atoms with Gasteiger partial charge in [0, 0.05) is 18.7 Å². The number of ether oxygens (including phenoxy) is 2. The minimum absolute atomic E-state index is 0.0437. The SMILES string of the molecule is COc1ccccc1CN(C(=O)Cn1nnc2ccccc21)[C@@H](C(=O)NC[C@@H]1CCCO1)c1ccc(C)o1. The smallest absolute Gasteiger partial charge is 0.250 e. The summed E-state index contributed by atoms with van der Waals surface area (Å²) in [5, 5.41) is 11.3. The lowest BCUT2D eigenvalue weighted by Gasteiger charge is -2.30. The molecule has 3 heterocycles. The maximum Gasteiger partial charge on any atom is 0.250 e. The Morgan fingerprint density at radius 3 is 2.74 bits per heavy atom. The fraction of sp³-hybridized carbons (Fsp3) is 0.357. The zero-order chi connectivity index (χ0) is 26.5. The van der Waals surface area contributed by atoms with Gasteiger partial charge in [-0.1, -0.05) is 35.5 Å². The number of nitrogens with one attached hydrogen (secondary N) is 1. The third-order valence-corrected chi connectivity index (χ3v) is 6.68. The average molecular weight is 518 g/mol. The molecular formula is C28H31N5O5. The van der Waals surface area contributed by atoms with Crippen molar-refractivity contribution in [2.24, 2.45) is 0 Å². The molecule has 5 rings (SSSR count). The molecule has 0 bridgehead atoms. The van der Waals surface area contributed by atoms with Crippen LogP contribution in [-0.4, -0.2) is 58.1 Å². The number of amides is 2. The van der Waals surface area contributed by atoms with Gasteiger partial charge < -0.3 is 24.1 Å². The molecule has 0 unspecified atom stereocenters. The van der Waals surface area contributed by atoms with Crippen LogP contribution in [0.15, 0.2) is 65.1 Å². The molecule has 10 heteroatoms. The Morgan fingerprint density at radius 1 is 1.16 bits per heavy atom. The quantitative estimate of drug-likeness (QED) is 0.343. The molecule has 4 aromatic rings. The fourth-order valence-electron chi connectivity index (χ4n) is 4.73. The van der Waals surface area contributed by atoms with Gasteiger partial charge in [-0.3, -0.25) is 9.59 Å². The van der Waals surface area contributed by atoms with E-state index in [1.807, 2.05) is 48.5 Å². The highest BCUT2D eigenvalue weighted by Gasteiger charge is 2.35. The van der Waals surface area contributed by atoms with Gasteiger partial charge in [0.1, 0.15) is 29.3 Å². The average Bonchev–Trinajstić information content (AvgIpc) is 3.69. The van der Waals surface area contributed by atoms with Crippen LogP contribution >= 0.6 is 0 Å². The van der Waals surface area contributed by atoms with Crippen molar-refractivity contribution in [1.82, 2.24) is 25.2 Å². The molecule has 1 fully saturated rings. The number of aromatic nitrogens is 3. The molecule has 0 spiro atoms. The van der Waals surface area contributed by atoms with E-state index in [2.05, 4.69) is 15.6 Å². The number of furan rings is 1. The van der Waals surface area contributed by atoms with Crippen molar-refractivity contribution in [3.05, 3.63) is 77.7 Å². The summed E-state index contributed by atoms with van der Waals surface area (Å²) in [7, 11) is 1.58. The zero-order valence-electron chi connectivity index (χ0n) is 21.5. The van der Waals surface area contributed by atoms with Crippen molar-refractivity contribution in [3.63, 3.8) is 0 Å². The maximum atomic E-state index is 14.0. The van der Waals surface area contributed by atoms with E-state index in [0.717, 1.165) is 23.9 Å². The van der Waals surface area contributed by atoms with E-state index in [1.165, 1.54) is 4.90 Å². The number of carbonyl (C=O) groups is 2. The molecule has 1 saturated heterocycles. The summed E-state index contributed by atoms with van der Waals surface area (Å²) < 4.78 is 18.7. The second kappa shape index (κ2) is 11.5. The van der Waals surface area contributed by atoms with Gasteiger partial charge >= 0.3 is 0 Å². The van der Waals surface area contributed by atoms with Crippen molar-refractivity contribution < 1.29 is 23.5 Å². The number of fused-ring (bicyclic) bond motifs is 1. The number of rotatable bonds is 10. The summed E-state index contributed by atoms with van der Waals surface area (Å²) in [5.41, 5.74) is 2.17. The van der Waals surface area contributed by atoms with E-state index in [-0.39, 0.29) is 31.0 Å². The first-order chi connectivity index (χ1) is 18.5. The van der Waals surface area contributed by atoms with Gasteiger partial charge in [0.25, 0.3) is 5.91 Å². The molecule has 1 N–H and O–H groups in total. The predicted molar refractivity (Wildman–Crippen MR) is 139 cm³/mol. The normalized spacial score (nSPS) is 15.9. The highest BCUT2D eigenvalue weighted by molar-refractivity contribution is 5.89. The van der Waals surface area contributed by atoms with Gasteiger partial charge in [0.05, 0.1) is 25.3 Å². The number of hydrogen-bond acceptors (Lipinski definition) is 7. The van der Waals surface area contributed by atoms with Gasteiger partial charge in [-0.2, -0.15) is 0 Å². The first-order valence-corrected chi connectivity index (χ1v) is 12.7. The Hall–Kier alpha value is -4.18. The summed E-state index contributed by atoms with van der Waals surface area (Å²) in [6.45, 7) is 2.86. The molecule has 2 amide bonds. The van der Waals surface area contributed by atoms with Crippen LogP contribution in [0.25, 0.3) is 11.0 Å². The molecule has 0 saturated carbocycles. The van der Waals surface area contributed by atoms with E-state index in [4.69, 9.17) is 13.9 Å². The lowest BCUT2D eigenvalue weighted by molar-refractivity contribution is -0.143. The summed E-state index contributed by atoms with van der Waals surface area (Å²) >= 11 is 0. The van der Waals surface area contributed by atoms with Crippen LogP contribution in [0, 0.1) is 6.92 Å². The number of hydrogen-bond donors (Lipinski definition) is 1. The molecule has 1 aliphatic heterocycles. The summed E-state index contributed by atoms with van der Waals surface area (Å²) in [6.07, 6.45) is 1.80. The van der Waals surface area contributed by atoms with Crippen molar-refractivity contribution in [1.29, 1.82) is 0 Å². The van der Waals surface area contributed by atoms with Crippen LogP contribution in [0.3, 0.4) is 0 Å². The van der Waals surface area contributed by atoms with Gasteiger partial charge in [0.2, 0.25) is 5.91 Å². The maximum absolute atomic E-state index is 14.0. The first-order valence-electron chi connectivity index (χ1n) is 12.7. The first kappa shape index (κ1) is 25.5. The number of methoxy groups -OCH3 is 1. The fourth-order valence-corrected chi connectivity index (χ4v) is 4.73. The van der Waals surface area contributed by atoms with E-state index in [1.54, 1.807) is 30.8 Å². The Bertz CT molecular complexity index is 1410. The van der Waals surface area contributed by atoms with Crippen molar-refractivity contribution >= 4 is 22.8 Å². The summed E-state index contributed by atoms with van der Waals surface area (Å²) in [6, 6.07) is 17.4. The third-order valence-electron chi connectivity index (χ3n) is 6.68. The lowest BCUT2D eigenvalue weighted by atomic mass is 10.1. The molecular weight excluding hydrogens is 486 g/mol. The van der Waals surface area contributed by atoms with Gasteiger partial charge in [-0.25, -0.2) is 4.68 Å². The Kier molecular flexibility index (Phi) is 7.69. The number of nitrogens with zero attached hydrogens (tertiary/aromatic N) is 4.